The van der Waals surface area contributed by atoms with E-state index in [4.69, 9.17) is 15.0 Å². The van der Waals surface area contributed by atoms with Crippen LogP contribution in [0.1, 0.15) is 0 Å². The minimum absolute atomic E-state index is 0. The molecular weight excluding hydrogens is 221 g/mol. The molecule has 80 valence electrons. The van der Waals surface area contributed by atoms with E-state index >= 15 is 0 Å². The molecule has 0 fully saturated rings. The Kier molecular flexibility index (Phi) is 1760. The van der Waals surface area contributed by atoms with Crippen molar-refractivity contribution in [2.24, 2.45) is 0 Å². The van der Waals surface area contributed by atoms with Crippen LogP contribution in [0.15, 0.2) is 0 Å². The Morgan fingerprint density at radius 1 is 0.692 bits per heavy atom. The smallest absolute Gasteiger partial charge is 0.870 e. The number of carboxylic acid groups (broad SMARTS) is 2. The second kappa shape index (κ2) is 134. The minimum atomic E-state index is -2.33. The normalized spacial score (nSPS) is 1.85. The Hall–Kier alpha value is 0.522. The molecule has 10 nitrogen and oxygen atoms in total. The van der Waals surface area contributed by atoms with E-state index in [1.807, 2.05) is 0 Å². The van der Waals surface area contributed by atoms with Gasteiger partial charge in [-0.1, -0.05) is 0 Å². The van der Waals surface area contributed by atoms with Crippen LogP contribution in [0, 0.1) is 0 Å². The molecule has 13 heavy (non-hydrogen) atoms. The molecule has 0 rings (SSSR count). The summed E-state index contributed by atoms with van der Waals surface area (Å²) in [4.78, 5) is 8.33. The van der Waals surface area contributed by atoms with Crippen LogP contribution in [-0.4, -0.2) is 90.6 Å². The fourth-order valence-corrected chi connectivity index (χ4v) is 0. The summed E-state index contributed by atoms with van der Waals surface area (Å²) in [6.07, 6.45) is -2.33. The fraction of sp³-hybridized carbons (Fsp3) is 0. The van der Waals surface area contributed by atoms with Crippen molar-refractivity contribution >= 4 is 52.3 Å². The van der Waals surface area contributed by atoms with E-state index in [0.29, 0.717) is 0 Å². The van der Waals surface area contributed by atoms with E-state index < -0.39 is 6.16 Å². The Morgan fingerprint density at radius 3 is 0.692 bits per heavy atom. The van der Waals surface area contributed by atoms with Gasteiger partial charge >= 0.3 is 46.1 Å². The zero-order valence-electron chi connectivity index (χ0n) is 6.53. The molecule has 0 unspecified atom stereocenters. The number of carbonyl (C=O) groups is 1. The van der Waals surface area contributed by atoms with Crippen LogP contribution in [-0.2, 0) is 0 Å². The van der Waals surface area contributed by atoms with Crippen molar-refractivity contribution in [1.82, 2.24) is 0 Å². The standard InChI is InChI=1S/CH2O3.2Mg.7H2O/c2-1(3)4;;;;;;;;;/h(H2,2,3,4);;;7*1H2/q;2*+2;;;;;;;/p-4. The van der Waals surface area contributed by atoms with Gasteiger partial charge in [0.1, 0.15) is 0 Å². The van der Waals surface area contributed by atoms with E-state index in [-0.39, 0.29) is 84.4 Å². The third-order valence-electron chi connectivity index (χ3n) is 0. The molecule has 0 aliphatic rings. The largest absolute Gasteiger partial charge is 2.00 e. The summed E-state index contributed by atoms with van der Waals surface area (Å²) in [6.45, 7) is 0. The molecule has 0 bridgehead atoms. The maximum atomic E-state index is 8.33. The molecule has 0 atom stereocenters. The SMILES string of the molecule is O.O.O.O.O.O=C([O-])[O-].[Mg+2].[Mg+2].[OH-].[OH-]. The summed E-state index contributed by atoms with van der Waals surface area (Å²) in [5.41, 5.74) is 0. The summed E-state index contributed by atoms with van der Waals surface area (Å²) in [7, 11) is 0. The molecule has 0 heterocycles. The summed E-state index contributed by atoms with van der Waals surface area (Å²) in [6, 6.07) is 0. The fourth-order valence-electron chi connectivity index (χ4n) is 0. The second-order valence-corrected chi connectivity index (χ2v) is 0.250. The molecule has 0 aliphatic carbocycles. The number of hydrogen-bond acceptors (Lipinski definition) is 5. The Labute approximate surface area is 105 Å². The summed E-state index contributed by atoms with van der Waals surface area (Å²) in [5.74, 6) is 0. The number of rotatable bonds is 0. The van der Waals surface area contributed by atoms with Crippen LogP contribution in [0.5, 0.6) is 0 Å². The van der Waals surface area contributed by atoms with Gasteiger partial charge in [0.15, 0.2) is 0 Å². The van der Waals surface area contributed by atoms with Gasteiger partial charge in [-0.2, -0.15) is 0 Å². The predicted octanol–water partition coefficient (Wildman–Crippen LogP) is -7.69. The molecule has 0 radical (unpaired) electrons. The zero-order chi connectivity index (χ0) is 3.58. The van der Waals surface area contributed by atoms with Crippen LogP contribution >= 0.6 is 0 Å². The van der Waals surface area contributed by atoms with Crippen LogP contribution < -0.4 is 10.2 Å². The quantitative estimate of drug-likeness (QED) is 0.366. The van der Waals surface area contributed by atoms with Crippen LogP contribution in [0.2, 0.25) is 0 Å². The molecule has 0 aliphatic heterocycles. The molecule has 0 aromatic heterocycles. The number of carbonyl (C=O) groups excluding carboxylic acids is 1. The Bertz CT molecular complexity index is 35.9. The first-order valence-corrected chi connectivity index (χ1v) is 0.612. The summed E-state index contributed by atoms with van der Waals surface area (Å²) in [5, 5.41) is 16.7. The molecule has 0 saturated heterocycles. The van der Waals surface area contributed by atoms with Gasteiger partial charge in [-0.25, -0.2) is 0 Å². The van der Waals surface area contributed by atoms with Crippen molar-refractivity contribution in [2.75, 3.05) is 0 Å². The van der Waals surface area contributed by atoms with Crippen molar-refractivity contribution in [3.05, 3.63) is 0 Å². The predicted molar refractivity (Wildman–Crippen MR) is 38.8 cm³/mol. The molecule has 0 amide bonds. The maximum absolute atomic E-state index is 8.33. The monoisotopic (exact) mass is 232 g/mol. The molecule has 12 N–H and O–H groups in total. The topological polar surface area (TPSA) is 281 Å². The first-order valence-electron chi connectivity index (χ1n) is 0.612. The van der Waals surface area contributed by atoms with E-state index in [1.54, 1.807) is 0 Å². The third kappa shape index (κ3) is 5080. The van der Waals surface area contributed by atoms with Gasteiger partial charge in [-0.15, -0.1) is 0 Å². The van der Waals surface area contributed by atoms with Crippen molar-refractivity contribution in [3.63, 3.8) is 0 Å². The van der Waals surface area contributed by atoms with Gasteiger partial charge in [0.05, 0.1) is 0 Å². The van der Waals surface area contributed by atoms with Gasteiger partial charge in [0, 0.05) is 0 Å². The summed E-state index contributed by atoms with van der Waals surface area (Å²) >= 11 is 0. The molecule has 12 heteroatoms. The Morgan fingerprint density at radius 2 is 0.692 bits per heavy atom. The average molecular weight is 233 g/mol. The van der Waals surface area contributed by atoms with E-state index in [1.165, 1.54) is 0 Å². The van der Waals surface area contributed by atoms with Crippen molar-refractivity contribution in [1.29, 1.82) is 0 Å². The first-order chi connectivity index (χ1) is 1.73. The minimum Gasteiger partial charge on any atom is -0.870 e. The van der Waals surface area contributed by atoms with E-state index in [0.717, 1.165) is 0 Å². The van der Waals surface area contributed by atoms with Crippen molar-refractivity contribution < 1.29 is 53.3 Å². The van der Waals surface area contributed by atoms with E-state index in [9.17, 15) is 0 Å². The van der Waals surface area contributed by atoms with Gasteiger partial charge in [0.25, 0.3) is 0 Å². The van der Waals surface area contributed by atoms with Gasteiger partial charge < -0.3 is 53.3 Å². The first kappa shape index (κ1) is 171. The number of hydrogen-bond donors (Lipinski definition) is 0. The maximum Gasteiger partial charge on any atom is 2.00 e. The molecule has 0 aromatic rings. The average Bonchev–Trinajstić information content (AvgIpc) is 0.811. The van der Waals surface area contributed by atoms with Crippen molar-refractivity contribution in [2.45, 2.75) is 0 Å². The molecule has 0 spiro atoms. The van der Waals surface area contributed by atoms with E-state index in [2.05, 4.69) is 0 Å². The Balaban J connectivity index is -0.00000000125. The van der Waals surface area contributed by atoms with Crippen LogP contribution in [0.25, 0.3) is 0 Å². The van der Waals surface area contributed by atoms with Crippen LogP contribution in [0.3, 0.4) is 0 Å². The van der Waals surface area contributed by atoms with Crippen LogP contribution in [0.4, 0.5) is 4.79 Å². The van der Waals surface area contributed by atoms with Gasteiger partial charge in [-0.3, -0.25) is 0 Å². The second-order valence-electron chi connectivity index (χ2n) is 0.250. The van der Waals surface area contributed by atoms with Gasteiger partial charge in [0.2, 0.25) is 0 Å². The zero-order valence-corrected chi connectivity index (χ0v) is 9.36. The molecule has 0 aromatic carbocycles. The summed E-state index contributed by atoms with van der Waals surface area (Å²) < 4.78 is 0. The molecule has 0 saturated carbocycles. The van der Waals surface area contributed by atoms with Crippen molar-refractivity contribution in [3.8, 4) is 0 Å². The molecular formula is CH12Mg2O10. The third-order valence-corrected chi connectivity index (χ3v) is 0. The van der Waals surface area contributed by atoms with Gasteiger partial charge in [-0.05, 0) is 6.16 Å².